The molecule has 11 heteroatoms. The Kier molecular flexibility index (Phi) is 6.76. The zero-order valence-electron chi connectivity index (χ0n) is 20.6. The highest BCUT2D eigenvalue weighted by molar-refractivity contribution is 6.31. The van der Waals surface area contributed by atoms with Gasteiger partial charge in [-0.25, -0.2) is 22.4 Å². The number of alkyl halides is 2. The molecule has 1 aliphatic rings. The van der Waals surface area contributed by atoms with Crippen LogP contribution in [-0.4, -0.2) is 25.6 Å². The molecule has 2 atom stereocenters. The summed E-state index contributed by atoms with van der Waals surface area (Å²) in [5, 5.41) is 9.09. The third-order valence-electron chi connectivity index (χ3n) is 6.90. The molecule has 1 N–H and O–H groups in total. The maximum Gasteiger partial charge on any atom is 0.338 e. The van der Waals surface area contributed by atoms with Crippen LogP contribution < -0.4 is 5.56 Å². The van der Waals surface area contributed by atoms with Gasteiger partial charge in [0.05, 0.1) is 11.3 Å². The molecule has 0 amide bonds. The van der Waals surface area contributed by atoms with Gasteiger partial charge in [-0.05, 0) is 73.1 Å². The highest BCUT2D eigenvalue weighted by Gasteiger charge is 2.42. The number of aryl methyl sites for hydroxylation is 2. The van der Waals surface area contributed by atoms with Gasteiger partial charge in [0.1, 0.15) is 16.5 Å². The van der Waals surface area contributed by atoms with Gasteiger partial charge in [-0.3, -0.25) is 19.3 Å². The van der Waals surface area contributed by atoms with E-state index in [0.717, 1.165) is 16.8 Å². The molecule has 6 nitrogen and oxygen atoms in total. The maximum atomic E-state index is 15.9. The molecule has 39 heavy (non-hydrogen) atoms. The average Bonchev–Trinajstić information content (AvgIpc) is 3.69. The molecule has 0 aliphatic heterocycles. The summed E-state index contributed by atoms with van der Waals surface area (Å²) >= 11 is 6.50. The van der Waals surface area contributed by atoms with E-state index in [2.05, 4.69) is 9.97 Å². The number of halogens is 5. The SMILES string of the molecule is Cc1cnc(-c2cccc(C(=O)O)c2F)c(F)c1-n1c(C)cc([C@@H]2CC2c2cncc(C(F)F)c2)c(Cl)c1=O. The van der Waals surface area contributed by atoms with E-state index >= 15 is 4.39 Å². The number of rotatable bonds is 6. The van der Waals surface area contributed by atoms with Crippen LogP contribution in [0.15, 0.2) is 53.7 Å². The molecule has 5 rings (SSSR count). The Hall–Kier alpha value is -4.05. The summed E-state index contributed by atoms with van der Waals surface area (Å²) in [4.78, 5) is 32.7. The lowest BCUT2D eigenvalue weighted by Gasteiger charge is -2.18. The molecular weight excluding hydrogens is 538 g/mol. The van der Waals surface area contributed by atoms with Crippen LogP contribution in [0.25, 0.3) is 16.9 Å². The van der Waals surface area contributed by atoms with Crippen LogP contribution in [0.4, 0.5) is 17.6 Å². The minimum absolute atomic E-state index is 0.151. The quantitative estimate of drug-likeness (QED) is 0.265. The van der Waals surface area contributed by atoms with Gasteiger partial charge in [0, 0.05) is 35.4 Å². The van der Waals surface area contributed by atoms with Crippen molar-refractivity contribution >= 4 is 17.6 Å². The van der Waals surface area contributed by atoms with E-state index in [0.29, 0.717) is 23.2 Å². The van der Waals surface area contributed by atoms with Crippen LogP contribution in [0.2, 0.25) is 5.02 Å². The number of pyridine rings is 3. The van der Waals surface area contributed by atoms with E-state index in [4.69, 9.17) is 11.6 Å². The zero-order valence-corrected chi connectivity index (χ0v) is 21.3. The first kappa shape index (κ1) is 26.6. The van der Waals surface area contributed by atoms with Crippen molar-refractivity contribution in [2.75, 3.05) is 0 Å². The fourth-order valence-corrected chi connectivity index (χ4v) is 5.17. The third kappa shape index (κ3) is 4.58. The lowest BCUT2D eigenvalue weighted by atomic mass is 10.0. The predicted octanol–water partition coefficient (Wildman–Crippen LogP) is 6.75. The van der Waals surface area contributed by atoms with Gasteiger partial charge >= 0.3 is 5.97 Å². The first-order valence-corrected chi connectivity index (χ1v) is 12.2. The van der Waals surface area contributed by atoms with Crippen LogP contribution in [0.1, 0.15) is 63.0 Å². The molecule has 4 aromatic rings. The molecule has 1 aromatic carbocycles. The summed E-state index contributed by atoms with van der Waals surface area (Å²) in [6.07, 6.45) is 1.78. The van der Waals surface area contributed by atoms with Crippen LogP contribution in [0.5, 0.6) is 0 Å². The van der Waals surface area contributed by atoms with E-state index in [9.17, 15) is 27.9 Å². The summed E-state index contributed by atoms with van der Waals surface area (Å²) in [6.45, 7) is 3.11. The highest BCUT2D eigenvalue weighted by Crippen LogP contribution is 2.56. The van der Waals surface area contributed by atoms with Crippen molar-refractivity contribution in [2.45, 2.75) is 38.5 Å². The highest BCUT2D eigenvalue weighted by atomic mass is 35.5. The Morgan fingerprint density at radius 1 is 1.10 bits per heavy atom. The van der Waals surface area contributed by atoms with Crippen LogP contribution in [-0.2, 0) is 0 Å². The molecule has 1 fully saturated rings. The Bertz CT molecular complexity index is 1710. The Morgan fingerprint density at radius 3 is 2.54 bits per heavy atom. The second-order valence-corrected chi connectivity index (χ2v) is 9.80. The molecule has 0 bridgehead atoms. The standard InChI is InChI=1S/C28H20ClF4N3O3/c1-12-9-35-24(16-4-3-5-17(22(16)30)28(38)39)23(31)25(12)36-13(2)6-20(21(29)27(36)37)19-8-18(19)14-7-15(26(32)33)11-34-10-14/h3-7,9-11,18-19,26H,8H2,1-2H3,(H,38,39)/t18?,19-/m1/s1. The number of aromatic nitrogens is 3. The van der Waals surface area contributed by atoms with Crippen LogP contribution >= 0.6 is 11.6 Å². The first-order chi connectivity index (χ1) is 18.5. The van der Waals surface area contributed by atoms with Gasteiger partial charge in [-0.2, -0.15) is 0 Å². The van der Waals surface area contributed by atoms with E-state index in [1.807, 2.05) is 0 Å². The van der Waals surface area contributed by atoms with Crippen molar-refractivity contribution in [1.82, 2.24) is 14.5 Å². The van der Waals surface area contributed by atoms with Crippen molar-refractivity contribution in [3.05, 3.63) is 109 Å². The fourth-order valence-electron chi connectivity index (χ4n) is 4.89. The summed E-state index contributed by atoms with van der Waals surface area (Å²) < 4.78 is 58.1. The summed E-state index contributed by atoms with van der Waals surface area (Å²) in [6, 6.07) is 6.54. The first-order valence-electron chi connectivity index (χ1n) is 11.8. The van der Waals surface area contributed by atoms with Gasteiger partial charge in [0.15, 0.2) is 5.82 Å². The Labute approximate surface area is 224 Å². The van der Waals surface area contributed by atoms with Crippen molar-refractivity contribution in [2.24, 2.45) is 0 Å². The molecule has 0 saturated heterocycles. The number of carboxylic acids is 1. The lowest BCUT2D eigenvalue weighted by Crippen LogP contribution is -2.24. The molecule has 200 valence electrons. The predicted molar refractivity (Wildman–Crippen MR) is 136 cm³/mol. The van der Waals surface area contributed by atoms with Crippen molar-refractivity contribution in [3.63, 3.8) is 0 Å². The molecule has 3 aromatic heterocycles. The summed E-state index contributed by atoms with van der Waals surface area (Å²) in [5.74, 6) is -4.07. The van der Waals surface area contributed by atoms with Gasteiger partial charge in [-0.15, -0.1) is 0 Å². The largest absolute Gasteiger partial charge is 0.478 e. The van der Waals surface area contributed by atoms with Crippen molar-refractivity contribution < 1.29 is 27.5 Å². The number of carbonyl (C=O) groups is 1. The van der Waals surface area contributed by atoms with Crippen molar-refractivity contribution in [3.8, 4) is 16.9 Å². The molecule has 0 spiro atoms. The third-order valence-corrected chi connectivity index (χ3v) is 7.28. The number of benzene rings is 1. The van der Waals surface area contributed by atoms with E-state index in [1.165, 1.54) is 37.5 Å². The molecule has 1 aliphatic carbocycles. The lowest BCUT2D eigenvalue weighted by molar-refractivity contribution is 0.0692. The average molecular weight is 558 g/mol. The summed E-state index contributed by atoms with van der Waals surface area (Å²) in [5.41, 5.74) is -0.864. The number of aromatic carboxylic acids is 1. The topological polar surface area (TPSA) is 85.1 Å². The van der Waals surface area contributed by atoms with Crippen LogP contribution in [0, 0.1) is 25.5 Å². The van der Waals surface area contributed by atoms with Gasteiger partial charge in [-0.1, -0.05) is 17.7 Å². The Balaban J connectivity index is 1.58. The minimum Gasteiger partial charge on any atom is -0.478 e. The minimum atomic E-state index is -2.66. The van der Waals surface area contributed by atoms with Gasteiger partial charge in [0.2, 0.25) is 0 Å². The molecular formula is C28H20ClF4N3O3. The summed E-state index contributed by atoms with van der Waals surface area (Å²) in [7, 11) is 0. The molecule has 1 saturated carbocycles. The number of hydrogen-bond acceptors (Lipinski definition) is 4. The van der Waals surface area contributed by atoms with E-state index in [1.54, 1.807) is 13.0 Å². The van der Waals surface area contributed by atoms with Gasteiger partial charge in [0.25, 0.3) is 12.0 Å². The fraction of sp³-hybridized carbons (Fsp3) is 0.214. The maximum absolute atomic E-state index is 15.9. The molecule has 0 radical (unpaired) electrons. The second-order valence-electron chi connectivity index (χ2n) is 9.42. The van der Waals surface area contributed by atoms with Crippen molar-refractivity contribution in [1.29, 1.82) is 0 Å². The molecule has 3 heterocycles. The van der Waals surface area contributed by atoms with Gasteiger partial charge < -0.3 is 5.11 Å². The Morgan fingerprint density at radius 2 is 1.85 bits per heavy atom. The second kappa shape index (κ2) is 9.92. The number of carboxylic acid groups (broad SMARTS) is 1. The normalized spacial score (nSPS) is 16.5. The number of hydrogen-bond donors (Lipinski definition) is 1. The van der Waals surface area contributed by atoms with E-state index in [-0.39, 0.29) is 39.2 Å². The smallest absolute Gasteiger partial charge is 0.338 e. The van der Waals surface area contributed by atoms with Crippen LogP contribution in [0.3, 0.4) is 0 Å². The zero-order chi connectivity index (χ0) is 28.2. The molecule has 1 unspecified atom stereocenters. The monoisotopic (exact) mass is 557 g/mol. The van der Waals surface area contributed by atoms with E-state index < -0.39 is 40.8 Å². The number of nitrogens with zero attached hydrogens (tertiary/aromatic N) is 3.